The number of nitro groups is 1. The smallest absolute Gasteiger partial charge is 0.293 e. The van der Waals surface area contributed by atoms with E-state index in [0.717, 1.165) is 32.0 Å². The predicted octanol–water partition coefficient (Wildman–Crippen LogP) is 0.670. The number of nitrogens with one attached hydrogen (secondary N) is 2. The highest BCUT2D eigenvalue weighted by atomic mass is 32.2. The maximum absolute atomic E-state index is 11.4. The van der Waals surface area contributed by atoms with Crippen molar-refractivity contribution in [1.29, 1.82) is 0 Å². The highest BCUT2D eigenvalue weighted by Gasteiger charge is 2.32. The molecule has 1 aromatic rings. The summed E-state index contributed by atoms with van der Waals surface area (Å²) < 4.78 is 28.1. The van der Waals surface area contributed by atoms with Crippen molar-refractivity contribution in [1.82, 2.24) is 5.32 Å². The molecule has 0 spiro atoms. The number of rotatable bonds is 7. The summed E-state index contributed by atoms with van der Waals surface area (Å²) >= 11 is 0. The normalized spacial score (nSPS) is 17.4. The molecule has 0 saturated carbocycles. The molecule has 1 aliphatic heterocycles. The molecule has 0 aromatic heterocycles. The number of nitrogens with two attached hydrogens (primary N) is 1. The lowest BCUT2D eigenvalue weighted by Crippen LogP contribution is -2.44. The molecule has 0 atom stereocenters. The highest BCUT2D eigenvalue weighted by Crippen LogP contribution is 2.32. The lowest BCUT2D eigenvalue weighted by Gasteiger charge is -2.37. The molecular formula is C14H22N4O5S. The maximum atomic E-state index is 11.4. The first-order valence-electron chi connectivity index (χ1n) is 7.52. The second kappa shape index (κ2) is 7.43. The van der Waals surface area contributed by atoms with Gasteiger partial charge in [0.25, 0.3) is 5.69 Å². The zero-order valence-corrected chi connectivity index (χ0v) is 14.3. The molecule has 9 nitrogen and oxygen atoms in total. The van der Waals surface area contributed by atoms with Gasteiger partial charge in [-0.2, -0.15) is 0 Å². The van der Waals surface area contributed by atoms with Crippen LogP contribution in [0.4, 0.5) is 11.4 Å². The zero-order chi connectivity index (χ0) is 17.8. The van der Waals surface area contributed by atoms with Gasteiger partial charge in [0.05, 0.1) is 16.4 Å². The summed E-state index contributed by atoms with van der Waals surface area (Å²) in [6, 6.07) is 3.61. The number of primary sulfonamides is 1. The van der Waals surface area contributed by atoms with Crippen LogP contribution in [-0.2, 0) is 14.8 Å². The van der Waals surface area contributed by atoms with Gasteiger partial charge in [0.15, 0.2) is 0 Å². The maximum Gasteiger partial charge on any atom is 0.293 e. The van der Waals surface area contributed by atoms with Crippen LogP contribution in [0.1, 0.15) is 12.8 Å². The van der Waals surface area contributed by atoms with Crippen LogP contribution in [0.15, 0.2) is 23.1 Å². The molecule has 0 unspecified atom stereocenters. The first-order valence-corrected chi connectivity index (χ1v) is 9.07. The van der Waals surface area contributed by atoms with E-state index in [1.807, 2.05) is 0 Å². The van der Waals surface area contributed by atoms with E-state index < -0.39 is 14.9 Å². The van der Waals surface area contributed by atoms with E-state index in [9.17, 15) is 18.5 Å². The molecule has 1 aliphatic rings. The number of anilines is 1. The van der Waals surface area contributed by atoms with Crippen molar-refractivity contribution in [3.63, 3.8) is 0 Å². The van der Waals surface area contributed by atoms with Crippen LogP contribution in [0, 0.1) is 15.5 Å². The van der Waals surface area contributed by atoms with E-state index in [0.29, 0.717) is 13.2 Å². The predicted molar refractivity (Wildman–Crippen MR) is 89.4 cm³/mol. The van der Waals surface area contributed by atoms with Gasteiger partial charge in [-0.1, -0.05) is 0 Å². The first kappa shape index (κ1) is 18.6. The number of ether oxygens (including phenoxy) is 1. The third kappa shape index (κ3) is 4.41. The number of methoxy groups -OCH3 is 1. The van der Waals surface area contributed by atoms with Crippen molar-refractivity contribution in [2.45, 2.75) is 17.7 Å². The Hall–Kier alpha value is -1.75. The summed E-state index contributed by atoms with van der Waals surface area (Å²) in [6.45, 7) is 2.76. The Labute approximate surface area is 140 Å². The van der Waals surface area contributed by atoms with Gasteiger partial charge in [-0.3, -0.25) is 10.1 Å². The Morgan fingerprint density at radius 3 is 2.62 bits per heavy atom. The molecule has 0 aliphatic carbocycles. The molecule has 1 saturated heterocycles. The van der Waals surface area contributed by atoms with Gasteiger partial charge < -0.3 is 15.4 Å². The highest BCUT2D eigenvalue weighted by molar-refractivity contribution is 7.89. The summed E-state index contributed by atoms with van der Waals surface area (Å²) in [5.74, 6) is 0. The molecule has 1 aromatic carbocycles. The number of sulfonamides is 1. The largest absolute Gasteiger partial charge is 0.384 e. The van der Waals surface area contributed by atoms with E-state index in [-0.39, 0.29) is 21.7 Å². The second-order valence-corrected chi connectivity index (χ2v) is 7.58. The van der Waals surface area contributed by atoms with Crippen LogP contribution in [-0.4, -0.2) is 46.7 Å². The second-order valence-electron chi connectivity index (χ2n) is 6.02. The van der Waals surface area contributed by atoms with Crippen LogP contribution in [0.25, 0.3) is 0 Å². The van der Waals surface area contributed by atoms with Gasteiger partial charge in [-0.25, -0.2) is 13.6 Å². The van der Waals surface area contributed by atoms with Crippen molar-refractivity contribution in [3.05, 3.63) is 28.3 Å². The molecule has 4 N–H and O–H groups in total. The van der Waals surface area contributed by atoms with E-state index in [1.54, 1.807) is 7.11 Å². The quantitative estimate of drug-likeness (QED) is 0.481. The lowest BCUT2D eigenvalue weighted by atomic mass is 9.79. The minimum absolute atomic E-state index is 0.119. The number of hydrogen-bond acceptors (Lipinski definition) is 7. The number of piperidine rings is 1. The number of hydrogen-bond donors (Lipinski definition) is 3. The number of nitrogens with zero attached hydrogens (tertiary/aromatic N) is 1. The standard InChI is InChI=1S/C14H22N4O5S/c1-23-10-14(4-6-16-7-5-14)9-17-12-3-2-11(24(15,21)22)8-13(12)18(19)20/h2-3,8,16-17H,4-7,9-10H2,1H3,(H2,15,21,22). The molecule has 10 heteroatoms. The molecule has 0 radical (unpaired) electrons. The van der Waals surface area contributed by atoms with Crippen molar-refractivity contribution in [2.24, 2.45) is 10.6 Å². The number of nitro benzene ring substituents is 1. The Bertz CT molecular complexity index is 696. The Kier molecular flexibility index (Phi) is 5.75. The van der Waals surface area contributed by atoms with Gasteiger partial charge in [-0.15, -0.1) is 0 Å². The fourth-order valence-corrected chi connectivity index (χ4v) is 3.44. The first-order chi connectivity index (χ1) is 11.3. The Morgan fingerprint density at radius 2 is 2.08 bits per heavy atom. The molecule has 24 heavy (non-hydrogen) atoms. The summed E-state index contributed by atoms with van der Waals surface area (Å²) in [6.07, 6.45) is 1.77. The van der Waals surface area contributed by atoms with Crippen molar-refractivity contribution < 1.29 is 18.1 Å². The molecule has 134 valence electrons. The van der Waals surface area contributed by atoms with Gasteiger partial charge in [0, 0.05) is 25.1 Å². The van der Waals surface area contributed by atoms with Crippen molar-refractivity contribution in [3.8, 4) is 0 Å². The summed E-state index contributed by atoms with van der Waals surface area (Å²) in [5, 5.41) is 22.6. The van der Waals surface area contributed by atoms with E-state index in [2.05, 4.69) is 10.6 Å². The van der Waals surface area contributed by atoms with Crippen LogP contribution in [0.3, 0.4) is 0 Å². The molecule has 1 heterocycles. The van der Waals surface area contributed by atoms with E-state index >= 15 is 0 Å². The molecular weight excluding hydrogens is 336 g/mol. The average Bonchev–Trinajstić information content (AvgIpc) is 2.53. The Balaban J connectivity index is 2.23. The molecule has 0 amide bonds. The van der Waals surface area contributed by atoms with Crippen LogP contribution < -0.4 is 15.8 Å². The van der Waals surface area contributed by atoms with Crippen molar-refractivity contribution in [2.75, 3.05) is 38.7 Å². The van der Waals surface area contributed by atoms with E-state index in [4.69, 9.17) is 9.88 Å². The molecule has 1 fully saturated rings. The molecule has 2 rings (SSSR count). The zero-order valence-electron chi connectivity index (χ0n) is 13.4. The fraction of sp³-hybridized carbons (Fsp3) is 0.571. The fourth-order valence-electron chi connectivity index (χ4n) is 2.91. The monoisotopic (exact) mass is 358 g/mol. The number of benzene rings is 1. The van der Waals surface area contributed by atoms with Gasteiger partial charge in [-0.05, 0) is 38.1 Å². The summed E-state index contributed by atoms with van der Waals surface area (Å²) in [5.41, 5.74) is -0.170. The third-order valence-corrected chi connectivity index (χ3v) is 5.17. The minimum atomic E-state index is -3.99. The van der Waals surface area contributed by atoms with Gasteiger partial charge in [0.2, 0.25) is 10.0 Å². The van der Waals surface area contributed by atoms with Crippen molar-refractivity contribution >= 4 is 21.4 Å². The molecule has 0 bridgehead atoms. The van der Waals surface area contributed by atoms with Gasteiger partial charge in [0.1, 0.15) is 5.69 Å². The van der Waals surface area contributed by atoms with Crippen LogP contribution in [0.5, 0.6) is 0 Å². The summed E-state index contributed by atoms with van der Waals surface area (Å²) in [4.78, 5) is 10.3. The third-order valence-electron chi connectivity index (χ3n) is 4.26. The lowest BCUT2D eigenvalue weighted by molar-refractivity contribution is -0.384. The van der Waals surface area contributed by atoms with Crippen LogP contribution >= 0.6 is 0 Å². The van der Waals surface area contributed by atoms with Gasteiger partial charge >= 0.3 is 0 Å². The topological polar surface area (TPSA) is 137 Å². The Morgan fingerprint density at radius 1 is 1.42 bits per heavy atom. The summed E-state index contributed by atoms with van der Waals surface area (Å²) in [7, 11) is -2.36. The minimum Gasteiger partial charge on any atom is -0.384 e. The SMILES string of the molecule is COCC1(CNc2ccc(S(N)(=O)=O)cc2[N+](=O)[O-])CCNCC1. The average molecular weight is 358 g/mol. The van der Waals surface area contributed by atoms with Crippen LogP contribution in [0.2, 0.25) is 0 Å². The van der Waals surface area contributed by atoms with E-state index in [1.165, 1.54) is 12.1 Å².